The summed E-state index contributed by atoms with van der Waals surface area (Å²) < 4.78 is 2.52. The van der Waals surface area contributed by atoms with Gasteiger partial charge in [0.05, 0.1) is 5.52 Å². The second-order valence-electron chi connectivity index (χ2n) is 4.04. The van der Waals surface area contributed by atoms with Gasteiger partial charge in [0.2, 0.25) is 5.91 Å². The number of carbonyl (C=O) groups is 1. The highest BCUT2D eigenvalue weighted by Gasteiger charge is 2.06. The minimum atomic E-state index is -0.292. The van der Waals surface area contributed by atoms with E-state index < -0.39 is 0 Å². The maximum absolute atomic E-state index is 10.7. The molecule has 0 aliphatic carbocycles. The first-order valence-electron chi connectivity index (χ1n) is 5.41. The largest absolute Gasteiger partial charge is 0.370 e. The predicted molar refractivity (Wildman–Crippen MR) is 68.1 cm³/mol. The molecule has 6 heteroatoms. The van der Waals surface area contributed by atoms with Crippen LogP contribution in [0.1, 0.15) is 18.4 Å². The smallest absolute Gasteiger partial charge is 0.217 e. The fraction of sp³-hybridized carbons (Fsp3) is 0.364. The van der Waals surface area contributed by atoms with Crippen molar-refractivity contribution in [2.24, 2.45) is 5.73 Å². The Bertz CT molecular complexity index is 613. The first kappa shape index (κ1) is 11.8. The van der Waals surface area contributed by atoms with E-state index in [1.54, 1.807) is 6.20 Å². The number of nitrogens with one attached hydrogen (secondary N) is 1. The molecule has 0 aliphatic rings. The van der Waals surface area contributed by atoms with Crippen LogP contribution in [0.25, 0.3) is 11.2 Å². The second-order valence-corrected chi connectivity index (χ2v) is 4.42. The summed E-state index contributed by atoms with van der Waals surface area (Å²) in [6.07, 6.45) is 2.84. The molecule has 5 nitrogen and oxygen atoms in total. The SMILES string of the molecule is Cc1cnc2c(c1)[nH]c(=S)n2CCCC(N)=O. The van der Waals surface area contributed by atoms with Crippen molar-refractivity contribution in [1.29, 1.82) is 0 Å². The van der Waals surface area contributed by atoms with Crippen molar-refractivity contribution >= 4 is 29.3 Å². The Hall–Kier alpha value is -1.69. The van der Waals surface area contributed by atoms with E-state index in [9.17, 15) is 4.79 Å². The molecule has 0 atom stereocenters. The number of H-pyrrole nitrogens is 1. The van der Waals surface area contributed by atoms with E-state index >= 15 is 0 Å². The molecule has 0 spiro atoms. The Morgan fingerprint density at radius 1 is 1.65 bits per heavy atom. The van der Waals surface area contributed by atoms with E-state index in [4.69, 9.17) is 18.0 Å². The highest BCUT2D eigenvalue weighted by atomic mass is 32.1. The maximum Gasteiger partial charge on any atom is 0.217 e. The number of imidazole rings is 1. The zero-order valence-corrected chi connectivity index (χ0v) is 10.4. The molecule has 2 heterocycles. The first-order chi connectivity index (χ1) is 8.08. The van der Waals surface area contributed by atoms with Crippen LogP contribution in [0.3, 0.4) is 0 Å². The van der Waals surface area contributed by atoms with Crippen LogP contribution in [0.2, 0.25) is 0 Å². The number of aromatic amines is 1. The number of nitrogens with zero attached hydrogens (tertiary/aromatic N) is 2. The van der Waals surface area contributed by atoms with Crippen LogP contribution in [0.5, 0.6) is 0 Å². The van der Waals surface area contributed by atoms with Crippen LogP contribution >= 0.6 is 12.2 Å². The summed E-state index contributed by atoms with van der Waals surface area (Å²) >= 11 is 5.23. The van der Waals surface area contributed by atoms with Crippen molar-refractivity contribution in [3.05, 3.63) is 22.6 Å². The molecule has 0 bridgehead atoms. The minimum absolute atomic E-state index is 0.292. The average molecular weight is 250 g/mol. The fourth-order valence-corrected chi connectivity index (χ4v) is 2.05. The molecule has 0 saturated carbocycles. The van der Waals surface area contributed by atoms with Crippen LogP contribution < -0.4 is 5.73 Å². The topological polar surface area (TPSA) is 76.7 Å². The van der Waals surface area contributed by atoms with Gasteiger partial charge in [-0.05, 0) is 37.2 Å². The second kappa shape index (κ2) is 4.67. The number of primary amides is 1. The Kier molecular flexibility index (Phi) is 3.23. The first-order valence-corrected chi connectivity index (χ1v) is 5.82. The van der Waals surface area contributed by atoms with Crippen LogP contribution in [-0.4, -0.2) is 20.4 Å². The third kappa shape index (κ3) is 2.52. The normalized spacial score (nSPS) is 10.9. The van der Waals surface area contributed by atoms with Gasteiger partial charge in [-0.1, -0.05) is 0 Å². The molecule has 1 amide bonds. The number of aromatic nitrogens is 3. The molecule has 0 aromatic carbocycles. The number of hydrogen-bond donors (Lipinski definition) is 2. The third-order valence-electron chi connectivity index (χ3n) is 2.55. The predicted octanol–water partition coefficient (Wildman–Crippen LogP) is 1.67. The summed E-state index contributed by atoms with van der Waals surface area (Å²) in [5.41, 5.74) is 7.94. The van der Waals surface area contributed by atoms with E-state index in [0.717, 1.165) is 16.7 Å². The van der Waals surface area contributed by atoms with Crippen LogP contribution in [-0.2, 0) is 11.3 Å². The molecular formula is C11H14N4OS. The Labute approximate surface area is 104 Å². The summed E-state index contributed by atoms with van der Waals surface area (Å²) in [4.78, 5) is 18.1. The zero-order chi connectivity index (χ0) is 12.4. The molecule has 90 valence electrons. The summed E-state index contributed by atoms with van der Waals surface area (Å²) in [6.45, 7) is 2.63. The number of fused-ring (bicyclic) bond motifs is 1. The Balaban J connectivity index is 2.30. The Morgan fingerprint density at radius 2 is 2.41 bits per heavy atom. The van der Waals surface area contributed by atoms with Gasteiger partial charge in [-0.25, -0.2) is 4.98 Å². The summed E-state index contributed by atoms with van der Waals surface area (Å²) in [6, 6.07) is 2.00. The number of rotatable bonds is 4. The van der Waals surface area contributed by atoms with Gasteiger partial charge < -0.3 is 15.3 Å². The van der Waals surface area contributed by atoms with Crippen molar-refractivity contribution in [2.75, 3.05) is 0 Å². The highest BCUT2D eigenvalue weighted by molar-refractivity contribution is 7.71. The quantitative estimate of drug-likeness (QED) is 0.810. The highest BCUT2D eigenvalue weighted by Crippen LogP contribution is 2.13. The van der Waals surface area contributed by atoms with Crippen molar-refractivity contribution in [1.82, 2.24) is 14.5 Å². The van der Waals surface area contributed by atoms with Gasteiger partial charge in [0, 0.05) is 19.2 Å². The molecule has 2 aromatic rings. The number of amides is 1. The molecule has 3 N–H and O–H groups in total. The van der Waals surface area contributed by atoms with E-state index in [0.29, 0.717) is 24.2 Å². The van der Waals surface area contributed by atoms with E-state index in [-0.39, 0.29) is 5.91 Å². The van der Waals surface area contributed by atoms with Crippen LogP contribution in [0.15, 0.2) is 12.3 Å². The monoisotopic (exact) mass is 250 g/mol. The molecule has 2 rings (SSSR count). The lowest BCUT2D eigenvalue weighted by Crippen LogP contribution is -2.11. The molecule has 0 aliphatic heterocycles. The van der Waals surface area contributed by atoms with Crippen molar-refractivity contribution in [3.8, 4) is 0 Å². The minimum Gasteiger partial charge on any atom is -0.370 e. The van der Waals surface area contributed by atoms with E-state index in [2.05, 4.69) is 9.97 Å². The number of nitrogens with two attached hydrogens (primary N) is 1. The average Bonchev–Trinajstić information content (AvgIpc) is 2.54. The molecule has 0 unspecified atom stereocenters. The van der Waals surface area contributed by atoms with Crippen molar-refractivity contribution < 1.29 is 4.79 Å². The Morgan fingerprint density at radius 3 is 3.12 bits per heavy atom. The van der Waals surface area contributed by atoms with Crippen LogP contribution in [0, 0.1) is 11.7 Å². The number of pyridine rings is 1. The lowest BCUT2D eigenvalue weighted by Gasteiger charge is -2.02. The summed E-state index contributed by atoms with van der Waals surface area (Å²) in [5.74, 6) is -0.292. The van der Waals surface area contributed by atoms with Gasteiger partial charge >= 0.3 is 0 Å². The molecule has 0 fully saturated rings. The molecule has 0 radical (unpaired) electrons. The number of hydrogen-bond acceptors (Lipinski definition) is 3. The molecule has 2 aromatic heterocycles. The lowest BCUT2D eigenvalue weighted by molar-refractivity contribution is -0.118. The third-order valence-corrected chi connectivity index (χ3v) is 2.87. The molecular weight excluding hydrogens is 236 g/mol. The summed E-state index contributed by atoms with van der Waals surface area (Å²) in [5, 5.41) is 0. The van der Waals surface area contributed by atoms with Gasteiger partial charge in [0.1, 0.15) is 0 Å². The zero-order valence-electron chi connectivity index (χ0n) is 9.56. The fourth-order valence-electron chi connectivity index (χ4n) is 1.77. The summed E-state index contributed by atoms with van der Waals surface area (Å²) in [7, 11) is 0. The lowest BCUT2D eigenvalue weighted by atomic mass is 10.3. The number of carbonyl (C=O) groups excluding carboxylic acids is 1. The van der Waals surface area contributed by atoms with Gasteiger partial charge in [-0.15, -0.1) is 0 Å². The van der Waals surface area contributed by atoms with Crippen LogP contribution in [0.4, 0.5) is 0 Å². The van der Waals surface area contributed by atoms with E-state index in [1.165, 1.54) is 0 Å². The van der Waals surface area contributed by atoms with Crippen molar-refractivity contribution in [3.63, 3.8) is 0 Å². The van der Waals surface area contributed by atoms with E-state index in [1.807, 2.05) is 17.6 Å². The molecule has 17 heavy (non-hydrogen) atoms. The van der Waals surface area contributed by atoms with Gasteiger partial charge in [-0.3, -0.25) is 4.79 Å². The van der Waals surface area contributed by atoms with Crippen molar-refractivity contribution in [2.45, 2.75) is 26.3 Å². The number of aryl methyl sites for hydroxylation is 2. The molecule has 0 saturated heterocycles. The van der Waals surface area contributed by atoms with Gasteiger partial charge in [-0.2, -0.15) is 0 Å². The van der Waals surface area contributed by atoms with Gasteiger partial charge in [0.15, 0.2) is 10.4 Å². The van der Waals surface area contributed by atoms with Gasteiger partial charge in [0.25, 0.3) is 0 Å². The standard InChI is InChI=1S/C11H14N4OS/c1-7-5-8-10(13-6-7)15(11(17)14-8)4-2-3-9(12)16/h5-6H,2-4H2,1H3,(H2,12,16)(H,14,17). The maximum atomic E-state index is 10.7.